The van der Waals surface area contributed by atoms with E-state index in [-0.39, 0.29) is 17.4 Å². The van der Waals surface area contributed by atoms with Gasteiger partial charge in [-0.15, -0.1) is 10.2 Å². The molecular weight excluding hydrogens is 445 g/mol. The van der Waals surface area contributed by atoms with E-state index in [1.54, 1.807) is 6.07 Å². The van der Waals surface area contributed by atoms with Crippen LogP contribution in [0.25, 0.3) is 10.9 Å². The van der Waals surface area contributed by atoms with Gasteiger partial charge in [0.05, 0.1) is 16.6 Å². The first-order valence-electron chi connectivity index (χ1n) is 11.0. The van der Waals surface area contributed by atoms with Crippen LogP contribution in [0.15, 0.2) is 54.7 Å². The summed E-state index contributed by atoms with van der Waals surface area (Å²) in [5, 5.41) is 18.1. The van der Waals surface area contributed by atoms with Crippen molar-refractivity contribution in [3.8, 4) is 0 Å². The lowest BCUT2D eigenvalue weighted by Crippen LogP contribution is -2.50. The van der Waals surface area contributed by atoms with E-state index in [2.05, 4.69) is 32.9 Å². The lowest BCUT2D eigenvalue weighted by Gasteiger charge is -2.45. The third-order valence-electron chi connectivity index (χ3n) is 6.46. The molecule has 1 amide bonds. The number of nitrogens with one attached hydrogen (secondary N) is 2. The largest absolute Gasteiger partial charge is 0.416 e. The summed E-state index contributed by atoms with van der Waals surface area (Å²) in [5.74, 6) is 0.503. The van der Waals surface area contributed by atoms with E-state index < -0.39 is 11.7 Å². The number of H-pyrrole nitrogens is 1. The summed E-state index contributed by atoms with van der Waals surface area (Å²) < 4.78 is 40.5. The van der Waals surface area contributed by atoms with Crippen LogP contribution in [0.4, 0.5) is 13.2 Å². The standard InChI is InChI=1S/C24H23F3N6O/c1-23(13-20-29-31-32-30-20)11-18(12-23)28-22(34)19-4-2-3-16-9-10-33(21(16)19)14-15-5-7-17(8-6-15)24(25,26)27/h2-10,18H,11-14H2,1H3,(H,28,34)(H,29,30,31,32). The van der Waals surface area contributed by atoms with Gasteiger partial charge in [-0.2, -0.15) is 18.4 Å². The molecule has 10 heteroatoms. The summed E-state index contributed by atoms with van der Waals surface area (Å²) >= 11 is 0. The first-order valence-corrected chi connectivity index (χ1v) is 11.0. The average molecular weight is 468 g/mol. The van der Waals surface area contributed by atoms with Crippen molar-refractivity contribution in [1.29, 1.82) is 0 Å². The zero-order chi connectivity index (χ0) is 23.9. The maximum atomic E-state index is 13.2. The molecule has 2 heterocycles. The van der Waals surface area contributed by atoms with Gasteiger partial charge in [0.25, 0.3) is 5.91 Å². The second kappa shape index (κ2) is 8.27. The summed E-state index contributed by atoms with van der Waals surface area (Å²) in [7, 11) is 0. The molecule has 4 aromatic rings. The minimum absolute atomic E-state index is 0.0105. The topological polar surface area (TPSA) is 88.5 Å². The number of nitrogens with zero attached hydrogens (tertiary/aromatic N) is 4. The minimum atomic E-state index is -4.37. The highest BCUT2D eigenvalue weighted by molar-refractivity contribution is 6.06. The van der Waals surface area contributed by atoms with Crippen molar-refractivity contribution in [3.63, 3.8) is 0 Å². The zero-order valence-corrected chi connectivity index (χ0v) is 18.4. The number of tetrazole rings is 1. The zero-order valence-electron chi connectivity index (χ0n) is 18.4. The molecule has 34 heavy (non-hydrogen) atoms. The summed E-state index contributed by atoms with van der Waals surface area (Å²) in [6, 6.07) is 12.6. The van der Waals surface area contributed by atoms with Gasteiger partial charge in [-0.3, -0.25) is 4.79 Å². The van der Waals surface area contributed by atoms with Crippen molar-refractivity contribution >= 4 is 16.8 Å². The summed E-state index contributed by atoms with van der Waals surface area (Å²) in [6.45, 7) is 2.50. The van der Waals surface area contributed by atoms with Gasteiger partial charge in [-0.25, -0.2) is 0 Å². The maximum absolute atomic E-state index is 13.2. The van der Waals surface area contributed by atoms with Crippen LogP contribution in [-0.4, -0.2) is 37.1 Å². The molecule has 7 nitrogen and oxygen atoms in total. The van der Waals surface area contributed by atoms with Crippen LogP contribution in [0.3, 0.4) is 0 Å². The third kappa shape index (κ3) is 4.40. The number of hydrogen-bond donors (Lipinski definition) is 2. The van der Waals surface area contributed by atoms with Gasteiger partial charge in [0.2, 0.25) is 0 Å². The van der Waals surface area contributed by atoms with Gasteiger partial charge in [0, 0.05) is 30.6 Å². The highest BCUT2D eigenvalue weighted by atomic mass is 19.4. The molecule has 2 aromatic heterocycles. The van der Waals surface area contributed by atoms with Crippen molar-refractivity contribution in [2.45, 2.75) is 44.9 Å². The molecule has 1 saturated carbocycles. The van der Waals surface area contributed by atoms with E-state index in [9.17, 15) is 18.0 Å². The Morgan fingerprint density at radius 2 is 1.94 bits per heavy atom. The average Bonchev–Trinajstić information content (AvgIpc) is 3.42. The second-order valence-electron chi connectivity index (χ2n) is 9.28. The fourth-order valence-electron chi connectivity index (χ4n) is 4.85. The smallest absolute Gasteiger partial charge is 0.349 e. The number of carbonyl (C=O) groups excluding carboxylic acids is 1. The van der Waals surface area contributed by atoms with Crippen molar-refractivity contribution in [1.82, 2.24) is 30.5 Å². The predicted octanol–water partition coefficient (Wildman–Crippen LogP) is 4.36. The Labute approximate surface area is 193 Å². The molecule has 5 rings (SSSR count). The van der Waals surface area contributed by atoms with Gasteiger partial charge in [-0.1, -0.05) is 36.4 Å². The second-order valence-corrected chi connectivity index (χ2v) is 9.28. The fourth-order valence-corrected chi connectivity index (χ4v) is 4.85. The molecule has 2 aromatic carbocycles. The van der Waals surface area contributed by atoms with Crippen LogP contribution in [0.1, 0.15) is 47.1 Å². The molecule has 0 radical (unpaired) electrons. The van der Waals surface area contributed by atoms with Crippen LogP contribution in [-0.2, 0) is 19.1 Å². The van der Waals surface area contributed by atoms with Gasteiger partial charge in [-0.05, 0) is 48.1 Å². The molecule has 0 aliphatic heterocycles. The lowest BCUT2D eigenvalue weighted by atomic mass is 9.65. The molecule has 1 fully saturated rings. The Bertz CT molecular complexity index is 1300. The highest BCUT2D eigenvalue weighted by Gasteiger charge is 2.42. The van der Waals surface area contributed by atoms with Crippen LogP contribution < -0.4 is 5.32 Å². The molecule has 0 atom stereocenters. The number of rotatable bonds is 6. The molecule has 0 bridgehead atoms. The summed E-state index contributed by atoms with van der Waals surface area (Å²) in [4.78, 5) is 13.2. The monoisotopic (exact) mass is 468 g/mol. The fraction of sp³-hybridized carbons (Fsp3) is 0.333. The third-order valence-corrected chi connectivity index (χ3v) is 6.46. The van der Waals surface area contributed by atoms with Crippen molar-refractivity contribution < 1.29 is 18.0 Å². The van der Waals surface area contributed by atoms with E-state index in [1.807, 2.05) is 29.0 Å². The molecule has 0 saturated heterocycles. The molecule has 1 aliphatic rings. The Morgan fingerprint density at radius 3 is 2.62 bits per heavy atom. The first-order chi connectivity index (χ1) is 16.2. The first kappa shape index (κ1) is 22.1. The van der Waals surface area contributed by atoms with Crippen molar-refractivity contribution in [3.05, 3.63) is 77.2 Å². The van der Waals surface area contributed by atoms with E-state index in [0.29, 0.717) is 24.4 Å². The molecule has 1 aliphatic carbocycles. The number of amides is 1. The molecule has 0 spiro atoms. The number of benzene rings is 2. The van der Waals surface area contributed by atoms with E-state index in [1.165, 1.54) is 12.1 Å². The molecule has 2 N–H and O–H groups in total. The number of fused-ring (bicyclic) bond motifs is 1. The Kier molecular flexibility index (Phi) is 5.38. The lowest BCUT2D eigenvalue weighted by molar-refractivity contribution is -0.137. The summed E-state index contributed by atoms with van der Waals surface area (Å²) in [5.41, 5.74) is 1.35. The Balaban J connectivity index is 1.30. The quantitative estimate of drug-likeness (QED) is 0.440. The Hall–Kier alpha value is -3.69. The maximum Gasteiger partial charge on any atom is 0.416 e. The van der Waals surface area contributed by atoms with E-state index >= 15 is 0 Å². The van der Waals surface area contributed by atoms with Crippen LogP contribution in [0, 0.1) is 5.41 Å². The van der Waals surface area contributed by atoms with Gasteiger partial charge in [0.1, 0.15) is 0 Å². The van der Waals surface area contributed by atoms with Crippen LogP contribution >= 0.6 is 0 Å². The van der Waals surface area contributed by atoms with Crippen molar-refractivity contribution in [2.24, 2.45) is 5.41 Å². The summed E-state index contributed by atoms with van der Waals surface area (Å²) in [6.07, 6.45) is -0.190. The highest BCUT2D eigenvalue weighted by Crippen LogP contribution is 2.43. The van der Waals surface area contributed by atoms with Gasteiger partial charge in [0.15, 0.2) is 5.82 Å². The molecule has 0 unspecified atom stereocenters. The molecule has 176 valence electrons. The number of aromatic nitrogens is 5. The predicted molar refractivity (Wildman–Crippen MR) is 119 cm³/mol. The number of alkyl halides is 3. The number of carbonyl (C=O) groups is 1. The van der Waals surface area contributed by atoms with Crippen molar-refractivity contribution in [2.75, 3.05) is 0 Å². The number of hydrogen-bond acceptors (Lipinski definition) is 4. The number of aromatic amines is 1. The van der Waals surface area contributed by atoms with Gasteiger partial charge >= 0.3 is 6.18 Å². The van der Waals surface area contributed by atoms with Crippen LogP contribution in [0.2, 0.25) is 0 Å². The van der Waals surface area contributed by atoms with E-state index in [4.69, 9.17) is 0 Å². The number of halogens is 3. The van der Waals surface area contributed by atoms with E-state index in [0.717, 1.165) is 41.4 Å². The van der Waals surface area contributed by atoms with Gasteiger partial charge < -0.3 is 9.88 Å². The Morgan fingerprint density at radius 1 is 1.18 bits per heavy atom. The minimum Gasteiger partial charge on any atom is -0.349 e. The normalized spacial score (nSPS) is 20.3. The van der Waals surface area contributed by atoms with Crippen LogP contribution in [0.5, 0.6) is 0 Å². The molecular formula is C24H23F3N6O. The SMILES string of the molecule is CC1(Cc2nn[nH]n2)CC(NC(=O)c2cccc3ccn(Cc4ccc(C(F)(F)F)cc4)c23)C1. The number of para-hydroxylation sites is 1.